The van der Waals surface area contributed by atoms with Crippen molar-refractivity contribution in [1.82, 2.24) is 10.2 Å². The summed E-state index contributed by atoms with van der Waals surface area (Å²) < 4.78 is 5.18. The van der Waals surface area contributed by atoms with Crippen LogP contribution in [0.15, 0.2) is 0 Å². The SMILES string of the molecule is CCCNC1C(N(C)CCOC)CCC1(C)C. The zero-order chi connectivity index (χ0) is 12.9. The van der Waals surface area contributed by atoms with E-state index in [0.29, 0.717) is 17.5 Å². The summed E-state index contributed by atoms with van der Waals surface area (Å²) in [5, 5.41) is 3.75. The van der Waals surface area contributed by atoms with Crippen LogP contribution in [-0.4, -0.2) is 50.8 Å². The van der Waals surface area contributed by atoms with Crippen molar-refractivity contribution in [2.24, 2.45) is 5.41 Å². The summed E-state index contributed by atoms with van der Waals surface area (Å²) in [6, 6.07) is 1.27. The molecule has 3 heteroatoms. The molecular formula is C14H30N2O. The number of nitrogens with zero attached hydrogens (tertiary/aromatic N) is 1. The molecule has 17 heavy (non-hydrogen) atoms. The van der Waals surface area contributed by atoms with E-state index in [-0.39, 0.29) is 0 Å². The average Bonchev–Trinajstić information content (AvgIpc) is 2.59. The number of methoxy groups -OCH3 is 1. The zero-order valence-electron chi connectivity index (χ0n) is 12.3. The van der Waals surface area contributed by atoms with Crippen molar-refractivity contribution >= 4 is 0 Å². The van der Waals surface area contributed by atoms with Gasteiger partial charge >= 0.3 is 0 Å². The Morgan fingerprint density at radius 3 is 2.71 bits per heavy atom. The molecule has 1 N–H and O–H groups in total. The largest absolute Gasteiger partial charge is 0.383 e. The molecule has 2 unspecified atom stereocenters. The molecule has 1 aliphatic rings. The number of rotatable bonds is 7. The third-order valence-electron chi connectivity index (χ3n) is 4.14. The van der Waals surface area contributed by atoms with Gasteiger partial charge in [0.1, 0.15) is 0 Å². The highest BCUT2D eigenvalue weighted by Crippen LogP contribution is 2.39. The maximum atomic E-state index is 5.18. The summed E-state index contributed by atoms with van der Waals surface area (Å²) in [7, 11) is 4.00. The number of likely N-dealkylation sites (N-methyl/N-ethyl adjacent to an activating group) is 1. The van der Waals surface area contributed by atoms with Crippen LogP contribution in [0.2, 0.25) is 0 Å². The minimum atomic E-state index is 0.418. The Labute approximate surface area is 107 Å². The summed E-state index contributed by atoms with van der Waals surface area (Å²) in [5.41, 5.74) is 0.418. The molecule has 0 bridgehead atoms. The molecule has 0 aromatic carbocycles. The molecule has 1 aliphatic carbocycles. The highest BCUT2D eigenvalue weighted by atomic mass is 16.5. The van der Waals surface area contributed by atoms with Crippen LogP contribution in [0.4, 0.5) is 0 Å². The Balaban J connectivity index is 2.57. The highest BCUT2D eigenvalue weighted by molar-refractivity contribution is 5.00. The number of hydrogen-bond donors (Lipinski definition) is 1. The minimum absolute atomic E-state index is 0.418. The van der Waals surface area contributed by atoms with Crippen LogP contribution >= 0.6 is 0 Å². The van der Waals surface area contributed by atoms with Crippen molar-refractivity contribution in [1.29, 1.82) is 0 Å². The van der Waals surface area contributed by atoms with Crippen molar-refractivity contribution in [3.05, 3.63) is 0 Å². The maximum Gasteiger partial charge on any atom is 0.0589 e. The average molecular weight is 242 g/mol. The summed E-state index contributed by atoms with van der Waals surface area (Å²) in [6.45, 7) is 10.0. The van der Waals surface area contributed by atoms with Gasteiger partial charge in [-0.25, -0.2) is 0 Å². The van der Waals surface area contributed by atoms with Crippen LogP contribution in [0.3, 0.4) is 0 Å². The molecule has 0 spiro atoms. The monoisotopic (exact) mass is 242 g/mol. The van der Waals surface area contributed by atoms with E-state index in [1.165, 1.54) is 19.3 Å². The van der Waals surface area contributed by atoms with Gasteiger partial charge in [0.15, 0.2) is 0 Å². The lowest BCUT2D eigenvalue weighted by Gasteiger charge is -2.36. The molecule has 102 valence electrons. The van der Waals surface area contributed by atoms with Gasteiger partial charge in [0.2, 0.25) is 0 Å². The van der Waals surface area contributed by atoms with E-state index in [0.717, 1.165) is 19.7 Å². The summed E-state index contributed by atoms with van der Waals surface area (Å²) in [4.78, 5) is 2.46. The summed E-state index contributed by atoms with van der Waals surface area (Å²) in [6.07, 6.45) is 3.83. The minimum Gasteiger partial charge on any atom is -0.383 e. The molecule has 1 saturated carbocycles. The fraction of sp³-hybridized carbons (Fsp3) is 1.00. The van der Waals surface area contributed by atoms with Crippen LogP contribution < -0.4 is 5.32 Å². The maximum absolute atomic E-state index is 5.18. The van der Waals surface area contributed by atoms with Gasteiger partial charge < -0.3 is 10.1 Å². The van der Waals surface area contributed by atoms with Gasteiger partial charge in [-0.1, -0.05) is 20.8 Å². The molecule has 0 heterocycles. The highest BCUT2D eigenvalue weighted by Gasteiger charge is 2.42. The first-order chi connectivity index (χ1) is 8.03. The standard InChI is InChI=1S/C14H30N2O/c1-6-9-15-13-12(7-8-14(13,2)3)16(4)10-11-17-5/h12-13,15H,6-11H2,1-5H3. The van der Waals surface area contributed by atoms with Crippen molar-refractivity contribution in [3.63, 3.8) is 0 Å². The quantitative estimate of drug-likeness (QED) is 0.740. The Morgan fingerprint density at radius 1 is 1.41 bits per heavy atom. The van der Waals surface area contributed by atoms with Gasteiger partial charge in [0.25, 0.3) is 0 Å². The fourth-order valence-electron chi connectivity index (χ4n) is 2.95. The van der Waals surface area contributed by atoms with E-state index in [9.17, 15) is 0 Å². The molecule has 1 rings (SSSR count). The Hall–Kier alpha value is -0.120. The van der Waals surface area contributed by atoms with Crippen molar-refractivity contribution in [3.8, 4) is 0 Å². The lowest BCUT2D eigenvalue weighted by molar-refractivity contribution is 0.118. The van der Waals surface area contributed by atoms with Gasteiger partial charge in [-0.2, -0.15) is 0 Å². The third kappa shape index (κ3) is 3.94. The van der Waals surface area contributed by atoms with Gasteiger partial charge in [0, 0.05) is 25.7 Å². The number of hydrogen-bond acceptors (Lipinski definition) is 3. The van der Waals surface area contributed by atoms with Gasteiger partial charge in [-0.15, -0.1) is 0 Å². The molecule has 3 nitrogen and oxygen atoms in total. The molecule has 2 atom stereocenters. The fourth-order valence-corrected chi connectivity index (χ4v) is 2.95. The molecule has 1 fully saturated rings. The van der Waals surface area contributed by atoms with E-state index < -0.39 is 0 Å². The van der Waals surface area contributed by atoms with Crippen LogP contribution in [0.25, 0.3) is 0 Å². The van der Waals surface area contributed by atoms with Crippen molar-refractivity contribution in [2.45, 2.75) is 52.1 Å². The van der Waals surface area contributed by atoms with E-state index in [2.05, 4.69) is 38.0 Å². The Bertz CT molecular complexity index is 218. The van der Waals surface area contributed by atoms with Crippen LogP contribution in [0, 0.1) is 5.41 Å². The van der Waals surface area contributed by atoms with Gasteiger partial charge in [-0.3, -0.25) is 4.90 Å². The lowest BCUT2D eigenvalue weighted by Crippen LogP contribution is -2.51. The van der Waals surface area contributed by atoms with Gasteiger partial charge in [0.05, 0.1) is 6.61 Å². The smallest absolute Gasteiger partial charge is 0.0589 e. The Kier molecular flexibility index (Phi) is 5.90. The zero-order valence-corrected chi connectivity index (χ0v) is 12.3. The second-order valence-electron chi connectivity index (χ2n) is 6.00. The van der Waals surface area contributed by atoms with E-state index in [1.807, 2.05) is 0 Å². The van der Waals surface area contributed by atoms with Crippen molar-refractivity contribution < 1.29 is 4.74 Å². The number of nitrogens with one attached hydrogen (secondary N) is 1. The molecule has 0 saturated heterocycles. The van der Waals surface area contributed by atoms with Crippen LogP contribution in [0.5, 0.6) is 0 Å². The second kappa shape index (κ2) is 6.72. The van der Waals surface area contributed by atoms with Crippen LogP contribution in [-0.2, 0) is 4.74 Å². The van der Waals surface area contributed by atoms with Crippen LogP contribution in [0.1, 0.15) is 40.0 Å². The molecule has 0 aromatic rings. The topological polar surface area (TPSA) is 24.5 Å². The molecular weight excluding hydrogens is 212 g/mol. The van der Waals surface area contributed by atoms with Gasteiger partial charge in [-0.05, 0) is 38.3 Å². The Morgan fingerprint density at radius 2 is 2.12 bits per heavy atom. The molecule has 0 radical (unpaired) electrons. The third-order valence-corrected chi connectivity index (χ3v) is 4.14. The summed E-state index contributed by atoms with van der Waals surface area (Å²) in [5.74, 6) is 0. The predicted molar refractivity (Wildman–Crippen MR) is 73.4 cm³/mol. The summed E-state index contributed by atoms with van der Waals surface area (Å²) >= 11 is 0. The van der Waals surface area contributed by atoms with E-state index in [1.54, 1.807) is 7.11 Å². The molecule has 0 aromatic heterocycles. The normalized spacial score (nSPS) is 27.9. The lowest BCUT2D eigenvalue weighted by atomic mass is 9.86. The van der Waals surface area contributed by atoms with E-state index >= 15 is 0 Å². The predicted octanol–water partition coefficient (Wildman–Crippen LogP) is 2.12. The first-order valence-corrected chi connectivity index (χ1v) is 6.95. The molecule has 0 amide bonds. The first-order valence-electron chi connectivity index (χ1n) is 6.95. The first kappa shape index (κ1) is 14.9. The van der Waals surface area contributed by atoms with E-state index in [4.69, 9.17) is 4.74 Å². The second-order valence-corrected chi connectivity index (χ2v) is 6.00. The van der Waals surface area contributed by atoms with Crippen molar-refractivity contribution in [2.75, 3.05) is 33.9 Å². The number of ether oxygens (including phenoxy) is 1. The molecule has 0 aliphatic heterocycles.